The van der Waals surface area contributed by atoms with Crippen LogP contribution in [0.1, 0.15) is 5.69 Å². The maximum Gasteiger partial charge on any atom is 0.362 e. The Morgan fingerprint density at radius 3 is 2.53 bits per heavy atom. The SMILES string of the molecule is O=C(O)Cc1nnc(-c2ccccc2)oc1=O. The summed E-state index contributed by atoms with van der Waals surface area (Å²) in [6.45, 7) is 0. The molecule has 2 rings (SSSR count). The number of aliphatic carboxylic acids is 1. The summed E-state index contributed by atoms with van der Waals surface area (Å²) in [5.41, 5.74) is -0.377. The Kier molecular flexibility index (Phi) is 2.95. The molecule has 0 fully saturated rings. The lowest BCUT2D eigenvalue weighted by molar-refractivity contribution is -0.136. The highest BCUT2D eigenvalue weighted by atomic mass is 16.4. The molecule has 0 aliphatic heterocycles. The maximum absolute atomic E-state index is 11.4. The van der Waals surface area contributed by atoms with E-state index in [9.17, 15) is 9.59 Å². The number of rotatable bonds is 3. The van der Waals surface area contributed by atoms with Gasteiger partial charge >= 0.3 is 11.6 Å². The fourth-order valence-electron chi connectivity index (χ4n) is 1.26. The number of hydrogen-bond acceptors (Lipinski definition) is 5. The van der Waals surface area contributed by atoms with Crippen molar-refractivity contribution in [2.24, 2.45) is 0 Å². The summed E-state index contributed by atoms with van der Waals surface area (Å²) >= 11 is 0. The Hall–Kier alpha value is -2.50. The first-order chi connectivity index (χ1) is 8.16. The van der Waals surface area contributed by atoms with E-state index in [2.05, 4.69) is 10.2 Å². The first-order valence-electron chi connectivity index (χ1n) is 4.81. The number of aromatic nitrogens is 2. The predicted octanol–water partition coefficient (Wildman–Crippen LogP) is 0.724. The summed E-state index contributed by atoms with van der Waals surface area (Å²) in [5, 5.41) is 15.8. The molecule has 0 saturated heterocycles. The first kappa shape index (κ1) is 11.0. The van der Waals surface area contributed by atoms with E-state index in [0.717, 1.165) is 0 Å². The van der Waals surface area contributed by atoms with Crippen molar-refractivity contribution in [3.63, 3.8) is 0 Å². The van der Waals surface area contributed by atoms with Gasteiger partial charge in [0.05, 0.1) is 6.42 Å². The van der Waals surface area contributed by atoms with Gasteiger partial charge in [-0.3, -0.25) is 4.79 Å². The van der Waals surface area contributed by atoms with E-state index in [1.807, 2.05) is 6.07 Å². The molecule has 0 aliphatic carbocycles. The smallest absolute Gasteiger partial charge is 0.362 e. The van der Waals surface area contributed by atoms with Crippen LogP contribution in [0.5, 0.6) is 0 Å². The lowest BCUT2D eigenvalue weighted by atomic mass is 10.2. The van der Waals surface area contributed by atoms with Gasteiger partial charge in [-0.15, -0.1) is 10.2 Å². The molecule has 1 N–H and O–H groups in total. The quantitative estimate of drug-likeness (QED) is 0.838. The van der Waals surface area contributed by atoms with Gasteiger partial charge in [-0.2, -0.15) is 0 Å². The molecule has 6 nitrogen and oxygen atoms in total. The molecular formula is C11H8N2O4. The fourth-order valence-corrected chi connectivity index (χ4v) is 1.26. The minimum absolute atomic E-state index is 0.0738. The summed E-state index contributed by atoms with van der Waals surface area (Å²) in [5.74, 6) is -1.08. The van der Waals surface area contributed by atoms with Gasteiger partial charge < -0.3 is 9.52 Å². The van der Waals surface area contributed by atoms with Crippen molar-refractivity contribution in [1.82, 2.24) is 10.2 Å². The minimum atomic E-state index is -1.15. The van der Waals surface area contributed by atoms with Crippen LogP contribution in [0, 0.1) is 0 Å². The molecule has 0 saturated carbocycles. The van der Waals surface area contributed by atoms with E-state index in [0.29, 0.717) is 5.56 Å². The van der Waals surface area contributed by atoms with E-state index in [-0.39, 0.29) is 11.6 Å². The van der Waals surface area contributed by atoms with E-state index >= 15 is 0 Å². The summed E-state index contributed by atoms with van der Waals surface area (Å²) in [7, 11) is 0. The lowest BCUT2D eigenvalue weighted by Crippen LogP contribution is -2.16. The van der Waals surface area contributed by atoms with Gasteiger partial charge in [0.25, 0.3) is 0 Å². The predicted molar refractivity (Wildman–Crippen MR) is 57.3 cm³/mol. The Bertz CT molecular complexity index is 592. The number of carbonyl (C=O) groups is 1. The van der Waals surface area contributed by atoms with Gasteiger partial charge in [0.2, 0.25) is 5.89 Å². The first-order valence-corrected chi connectivity index (χ1v) is 4.81. The van der Waals surface area contributed by atoms with Gasteiger partial charge in [0.1, 0.15) is 0 Å². The van der Waals surface area contributed by atoms with Crippen LogP contribution in [0.3, 0.4) is 0 Å². The molecule has 6 heteroatoms. The van der Waals surface area contributed by atoms with Crippen LogP contribution in [-0.4, -0.2) is 21.3 Å². The summed E-state index contributed by atoms with van der Waals surface area (Å²) in [6, 6.07) is 8.77. The maximum atomic E-state index is 11.4. The largest absolute Gasteiger partial charge is 0.481 e. The molecule has 0 aliphatic rings. The van der Waals surface area contributed by atoms with Gasteiger partial charge in [0.15, 0.2) is 5.69 Å². The monoisotopic (exact) mass is 232 g/mol. The van der Waals surface area contributed by atoms with Crippen molar-refractivity contribution in [1.29, 1.82) is 0 Å². The van der Waals surface area contributed by atoms with Crippen molar-refractivity contribution in [2.75, 3.05) is 0 Å². The Morgan fingerprint density at radius 1 is 1.24 bits per heavy atom. The molecule has 0 radical (unpaired) electrons. The molecular weight excluding hydrogens is 224 g/mol. The number of carboxylic acids is 1. The number of benzene rings is 1. The molecule has 0 bridgehead atoms. The highest BCUT2D eigenvalue weighted by Gasteiger charge is 2.11. The zero-order valence-electron chi connectivity index (χ0n) is 8.66. The fraction of sp³-hybridized carbons (Fsp3) is 0.0909. The molecule has 86 valence electrons. The van der Waals surface area contributed by atoms with E-state index < -0.39 is 18.0 Å². The van der Waals surface area contributed by atoms with Gasteiger partial charge in [-0.05, 0) is 12.1 Å². The van der Waals surface area contributed by atoms with Crippen molar-refractivity contribution in [3.05, 3.63) is 46.4 Å². The molecule has 0 spiro atoms. The normalized spacial score (nSPS) is 10.1. The van der Waals surface area contributed by atoms with Crippen LogP contribution in [0.25, 0.3) is 11.5 Å². The van der Waals surface area contributed by atoms with Gasteiger partial charge in [-0.25, -0.2) is 4.79 Å². The number of carboxylic acid groups (broad SMARTS) is 1. The van der Waals surface area contributed by atoms with Crippen LogP contribution in [0.2, 0.25) is 0 Å². The summed E-state index contributed by atoms with van der Waals surface area (Å²) in [4.78, 5) is 21.8. The molecule has 0 amide bonds. The van der Waals surface area contributed by atoms with Crippen LogP contribution < -0.4 is 5.63 Å². The lowest BCUT2D eigenvalue weighted by Gasteiger charge is -1.98. The van der Waals surface area contributed by atoms with Gasteiger partial charge in [-0.1, -0.05) is 18.2 Å². The zero-order valence-corrected chi connectivity index (χ0v) is 8.66. The third-order valence-electron chi connectivity index (χ3n) is 2.03. The van der Waals surface area contributed by atoms with E-state index in [1.165, 1.54) is 0 Å². The molecule has 1 heterocycles. The molecule has 0 unspecified atom stereocenters. The second-order valence-corrected chi connectivity index (χ2v) is 3.28. The van der Waals surface area contributed by atoms with E-state index in [4.69, 9.17) is 9.52 Å². The average Bonchev–Trinajstić information content (AvgIpc) is 2.32. The molecule has 0 atom stereocenters. The van der Waals surface area contributed by atoms with Crippen LogP contribution in [0.15, 0.2) is 39.5 Å². The second-order valence-electron chi connectivity index (χ2n) is 3.28. The highest BCUT2D eigenvalue weighted by molar-refractivity contribution is 5.69. The van der Waals surface area contributed by atoms with Crippen molar-refractivity contribution < 1.29 is 14.3 Å². The topological polar surface area (TPSA) is 93.3 Å². The molecule has 17 heavy (non-hydrogen) atoms. The second kappa shape index (κ2) is 4.56. The molecule has 1 aromatic carbocycles. The molecule has 1 aromatic heterocycles. The van der Waals surface area contributed by atoms with Crippen LogP contribution in [-0.2, 0) is 11.2 Å². The number of nitrogens with zero attached hydrogens (tertiary/aromatic N) is 2. The number of hydrogen-bond donors (Lipinski definition) is 1. The van der Waals surface area contributed by atoms with E-state index in [1.54, 1.807) is 24.3 Å². The van der Waals surface area contributed by atoms with Crippen molar-refractivity contribution in [3.8, 4) is 11.5 Å². The molecule has 2 aromatic rings. The van der Waals surface area contributed by atoms with Gasteiger partial charge in [0, 0.05) is 5.56 Å². The Morgan fingerprint density at radius 2 is 1.94 bits per heavy atom. The van der Waals surface area contributed by atoms with Crippen molar-refractivity contribution >= 4 is 5.97 Å². The Labute approximate surface area is 95.5 Å². The third kappa shape index (κ3) is 2.54. The van der Waals surface area contributed by atoms with Crippen LogP contribution >= 0.6 is 0 Å². The average molecular weight is 232 g/mol. The summed E-state index contributed by atoms with van der Waals surface area (Å²) in [6.07, 6.45) is -0.496. The van der Waals surface area contributed by atoms with Crippen molar-refractivity contribution in [2.45, 2.75) is 6.42 Å². The highest BCUT2D eigenvalue weighted by Crippen LogP contribution is 2.13. The standard InChI is InChI=1S/C11H8N2O4/c14-9(15)6-8-11(16)17-10(13-12-8)7-4-2-1-3-5-7/h1-5H,6H2,(H,14,15). The third-order valence-corrected chi connectivity index (χ3v) is 2.03. The Balaban J connectivity index is 2.38. The van der Waals surface area contributed by atoms with Crippen LogP contribution in [0.4, 0.5) is 0 Å². The zero-order chi connectivity index (χ0) is 12.3. The minimum Gasteiger partial charge on any atom is -0.481 e. The summed E-state index contributed by atoms with van der Waals surface area (Å²) < 4.78 is 4.90.